The number of nitrogens with one attached hydrogen (secondary N) is 1. The molecule has 3 rings (SSSR count). The number of unbranched alkanes of at least 4 members (excludes halogenated alkanes) is 7. The van der Waals surface area contributed by atoms with Crippen molar-refractivity contribution in [1.82, 2.24) is 0 Å². The van der Waals surface area contributed by atoms with Crippen LogP contribution in [-0.2, 0) is 11.3 Å². The summed E-state index contributed by atoms with van der Waals surface area (Å²) in [6.07, 6.45) is 12.5. The predicted molar refractivity (Wildman–Crippen MR) is 135 cm³/mol. The van der Waals surface area contributed by atoms with Crippen LogP contribution in [0.15, 0.2) is 47.6 Å². The molecule has 1 aliphatic carbocycles. The number of carbonyl (C=O) groups is 1. The van der Waals surface area contributed by atoms with Crippen molar-refractivity contribution in [3.05, 3.63) is 59.2 Å². The second kappa shape index (κ2) is 13.7. The quantitative estimate of drug-likeness (QED) is 0.204. The maximum atomic E-state index is 12.2. The molecular formula is C28H38N2O3. The number of amides is 1. The van der Waals surface area contributed by atoms with E-state index in [1.54, 1.807) is 0 Å². The zero-order chi connectivity index (χ0) is 23.3. The van der Waals surface area contributed by atoms with Crippen molar-refractivity contribution in [2.45, 2.75) is 84.5 Å². The van der Waals surface area contributed by atoms with Crippen molar-refractivity contribution >= 4 is 17.5 Å². The van der Waals surface area contributed by atoms with Gasteiger partial charge in [-0.05, 0) is 62.4 Å². The molecule has 0 saturated heterocycles. The highest BCUT2D eigenvalue weighted by Crippen LogP contribution is 2.23. The number of aryl methyl sites for hydroxylation is 2. The van der Waals surface area contributed by atoms with Gasteiger partial charge in [0.1, 0.15) is 5.75 Å². The van der Waals surface area contributed by atoms with Gasteiger partial charge in [0, 0.05) is 11.3 Å². The lowest BCUT2D eigenvalue weighted by Gasteiger charge is -2.17. The lowest BCUT2D eigenvalue weighted by atomic mass is 9.89. The Morgan fingerprint density at radius 2 is 1.67 bits per heavy atom. The monoisotopic (exact) mass is 450 g/mol. The van der Waals surface area contributed by atoms with Crippen LogP contribution < -0.4 is 10.1 Å². The number of ether oxygens (including phenoxy) is 1. The molecule has 0 fully saturated rings. The Labute approximate surface area is 198 Å². The van der Waals surface area contributed by atoms with Gasteiger partial charge in [-0.25, -0.2) is 4.79 Å². The largest absolute Gasteiger partial charge is 0.494 e. The van der Waals surface area contributed by atoms with Gasteiger partial charge in [-0.3, -0.25) is 10.2 Å². The van der Waals surface area contributed by atoms with Crippen LogP contribution in [0.5, 0.6) is 5.75 Å². The molecule has 0 spiro atoms. The number of anilines is 1. The lowest BCUT2D eigenvalue weighted by molar-refractivity contribution is 0.166. The van der Waals surface area contributed by atoms with E-state index in [1.807, 2.05) is 24.3 Å². The number of hydrogen-bond acceptors (Lipinski definition) is 4. The number of hydrogen-bond donors (Lipinski definition) is 1. The molecule has 0 saturated carbocycles. The molecule has 0 aromatic heterocycles. The topological polar surface area (TPSA) is 59.9 Å². The molecule has 178 valence electrons. The fraction of sp³-hybridized carbons (Fsp3) is 0.500. The molecule has 5 nitrogen and oxygen atoms in total. The summed E-state index contributed by atoms with van der Waals surface area (Å²) in [7, 11) is 0. The van der Waals surface area contributed by atoms with Gasteiger partial charge in [0.25, 0.3) is 0 Å². The number of benzene rings is 2. The molecule has 2 aromatic rings. The molecule has 1 aliphatic rings. The van der Waals surface area contributed by atoms with Crippen molar-refractivity contribution in [3.8, 4) is 5.75 Å². The van der Waals surface area contributed by atoms with E-state index in [2.05, 4.69) is 42.5 Å². The minimum absolute atomic E-state index is 0.589. The highest BCUT2D eigenvalue weighted by atomic mass is 16.7. The summed E-state index contributed by atoms with van der Waals surface area (Å²) in [5.41, 5.74) is 5.07. The van der Waals surface area contributed by atoms with E-state index in [-0.39, 0.29) is 0 Å². The number of fused-ring (bicyclic) bond motifs is 1. The Balaban J connectivity index is 1.36. The van der Waals surface area contributed by atoms with Gasteiger partial charge < -0.3 is 4.74 Å². The first kappa shape index (κ1) is 24.8. The fourth-order valence-corrected chi connectivity index (χ4v) is 4.18. The minimum Gasteiger partial charge on any atom is -0.494 e. The van der Waals surface area contributed by atoms with Gasteiger partial charge >= 0.3 is 6.09 Å². The molecule has 1 N–H and O–H groups in total. The lowest BCUT2D eigenvalue weighted by Crippen LogP contribution is -2.16. The smallest absolute Gasteiger partial charge is 0.437 e. The molecule has 0 unspecified atom stereocenters. The Kier molecular flexibility index (Phi) is 10.3. The summed E-state index contributed by atoms with van der Waals surface area (Å²) in [4.78, 5) is 17.3. The van der Waals surface area contributed by atoms with Crippen molar-refractivity contribution in [1.29, 1.82) is 0 Å². The van der Waals surface area contributed by atoms with Crippen LogP contribution in [0.1, 0.15) is 87.8 Å². The van der Waals surface area contributed by atoms with E-state index in [4.69, 9.17) is 9.57 Å². The van der Waals surface area contributed by atoms with Crippen LogP contribution in [-0.4, -0.2) is 18.4 Å². The first-order chi connectivity index (χ1) is 16.2. The highest BCUT2D eigenvalue weighted by molar-refractivity contribution is 6.02. The van der Waals surface area contributed by atoms with Gasteiger partial charge in [0.15, 0.2) is 0 Å². The van der Waals surface area contributed by atoms with Crippen molar-refractivity contribution in [2.75, 3.05) is 11.9 Å². The Morgan fingerprint density at radius 1 is 0.939 bits per heavy atom. The number of nitrogens with zero attached hydrogens (tertiary/aromatic N) is 1. The van der Waals surface area contributed by atoms with Crippen LogP contribution in [0.4, 0.5) is 10.5 Å². The molecule has 5 heteroatoms. The summed E-state index contributed by atoms with van der Waals surface area (Å²) in [6.45, 7) is 5.06. The third kappa shape index (κ3) is 8.56. The molecule has 2 aromatic carbocycles. The van der Waals surface area contributed by atoms with Crippen LogP contribution in [0, 0.1) is 6.92 Å². The number of carbonyl (C=O) groups excluding carboxylic acids is 1. The second-order valence-corrected chi connectivity index (χ2v) is 8.90. The van der Waals surface area contributed by atoms with Crippen LogP contribution in [0.25, 0.3) is 0 Å². The minimum atomic E-state index is -0.589. The van der Waals surface area contributed by atoms with Crippen LogP contribution in [0.3, 0.4) is 0 Å². The normalized spacial score (nSPS) is 14.1. The number of oxime groups is 1. The number of rotatable bonds is 12. The van der Waals surface area contributed by atoms with E-state index in [0.717, 1.165) is 49.3 Å². The zero-order valence-corrected chi connectivity index (χ0v) is 20.2. The predicted octanol–water partition coefficient (Wildman–Crippen LogP) is 7.80. The summed E-state index contributed by atoms with van der Waals surface area (Å²) in [6, 6.07) is 13.7. The Bertz CT molecular complexity index is 906. The molecule has 0 atom stereocenters. The molecule has 0 aliphatic heterocycles. The maximum absolute atomic E-state index is 12.2. The van der Waals surface area contributed by atoms with Gasteiger partial charge in [-0.1, -0.05) is 80.8 Å². The van der Waals surface area contributed by atoms with Gasteiger partial charge in [-0.2, -0.15) is 0 Å². The van der Waals surface area contributed by atoms with Gasteiger partial charge in [-0.15, -0.1) is 0 Å². The molecule has 0 radical (unpaired) electrons. The van der Waals surface area contributed by atoms with Crippen molar-refractivity contribution in [2.24, 2.45) is 5.16 Å². The SMILES string of the molecule is CCCCCCCCCCOc1ccc(NC(=O)ON=C2CCCc3cc(C)ccc32)cc1. The molecule has 0 bridgehead atoms. The fourth-order valence-electron chi connectivity index (χ4n) is 4.18. The molecule has 1 amide bonds. The summed E-state index contributed by atoms with van der Waals surface area (Å²) in [5.74, 6) is 0.811. The van der Waals surface area contributed by atoms with Gasteiger partial charge in [0.05, 0.1) is 12.3 Å². The molecule has 33 heavy (non-hydrogen) atoms. The third-order valence-electron chi connectivity index (χ3n) is 6.04. The summed E-state index contributed by atoms with van der Waals surface area (Å²) < 4.78 is 5.81. The van der Waals surface area contributed by atoms with E-state index in [1.165, 1.54) is 56.1 Å². The zero-order valence-electron chi connectivity index (χ0n) is 20.2. The van der Waals surface area contributed by atoms with Gasteiger partial charge in [0.2, 0.25) is 0 Å². The third-order valence-corrected chi connectivity index (χ3v) is 6.04. The van der Waals surface area contributed by atoms with Crippen molar-refractivity contribution < 1.29 is 14.4 Å². The van der Waals surface area contributed by atoms with Crippen LogP contribution in [0.2, 0.25) is 0 Å². The molecular weight excluding hydrogens is 412 g/mol. The maximum Gasteiger partial charge on any atom is 0.437 e. The summed E-state index contributed by atoms with van der Waals surface area (Å²) >= 11 is 0. The second-order valence-electron chi connectivity index (χ2n) is 8.90. The first-order valence-corrected chi connectivity index (χ1v) is 12.5. The Hall–Kier alpha value is -2.82. The first-order valence-electron chi connectivity index (χ1n) is 12.5. The van der Waals surface area contributed by atoms with E-state index in [9.17, 15) is 4.79 Å². The molecule has 0 heterocycles. The Morgan fingerprint density at radius 3 is 2.42 bits per heavy atom. The highest BCUT2D eigenvalue weighted by Gasteiger charge is 2.16. The van der Waals surface area contributed by atoms with Crippen molar-refractivity contribution in [3.63, 3.8) is 0 Å². The average molecular weight is 451 g/mol. The van der Waals surface area contributed by atoms with Crippen LogP contribution >= 0.6 is 0 Å². The average Bonchev–Trinajstić information content (AvgIpc) is 2.82. The summed E-state index contributed by atoms with van der Waals surface area (Å²) in [5, 5.41) is 6.86. The standard InChI is InChI=1S/C28H38N2O3/c1-3-4-5-6-7-8-9-10-20-32-25-17-15-24(16-18-25)29-28(31)33-30-27-13-11-12-23-21-22(2)14-19-26(23)27/h14-19,21H,3-13,20H2,1-2H3,(H,29,31). The van der Waals surface area contributed by atoms with E-state index < -0.39 is 6.09 Å². The van der Waals surface area contributed by atoms with E-state index >= 15 is 0 Å². The van der Waals surface area contributed by atoms with E-state index in [0.29, 0.717) is 5.69 Å².